The molecule has 2 aromatic carbocycles. The number of nitrogens with zero attached hydrogens (tertiary/aromatic N) is 1. The van der Waals surface area contributed by atoms with Crippen LogP contribution in [0, 0.1) is 0 Å². The number of anilines is 2. The number of carboxylic acid groups (broad SMARTS) is 1. The second-order valence-corrected chi connectivity index (χ2v) is 5.29. The van der Waals surface area contributed by atoms with Crippen molar-refractivity contribution in [2.45, 2.75) is 12.8 Å². The van der Waals surface area contributed by atoms with Crippen LogP contribution in [0.25, 0.3) is 0 Å². The highest BCUT2D eigenvalue weighted by molar-refractivity contribution is 6.31. The number of aryl methyl sites for hydroxylation is 1. The molecule has 3 nitrogen and oxygen atoms in total. The van der Waals surface area contributed by atoms with Crippen LogP contribution in [0.15, 0.2) is 42.5 Å². The Morgan fingerprint density at radius 3 is 2.75 bits per heavy atom. The van der Waals surface area contributed by atoms with Gasteiger partial charge in [-0.05, 0) is 42.7 Å². The Morgan fingerprint density at radius 1 is 1.15 bits per heavy atom. The van der Waals surface area contributed by atoms with Crippen molar-refractivity contribution in [3.8, 4) is 0 Å². The molecule has 0 saturated heterocycles. The highest BCUT2D eigenvalue weighted by Gasteiger charge is 2.22. The summed E-state index contributed by atoms with van der Waals surface area (Å²) in [6.07, 6.45) is 2.04. The minimum atomic E-state index is -0.953. The van der Waals surface area contributed by atoms with E-state index in [0.29, 0.717) is 10.7 Å². The molecular formula is C16H14ClNO2. The van der Waals surface area contributed by atoms with E-state index in [-0.39, 0.29) is 5.56 Å². The zero-order chi connectivity index (χ0) is 14.1. The van der Waals surface area contributed by atoms with Gasteiger partial charge in [-0.15, -0.1) is 0 Å². The topological polar surface area (TPSA) is 40.5 Å². The van der Waals surface area contributed by atoms with Gasteiger partial charge in [0.25, 0.3) is 0 Å². The van der Waals surface area contributed by atoms with Gasteiger partial charge in [-0.3, -0.25) is 0 Å². The van der Waals surface area contributed by atoms with E-state index in [1.54, 1.807) is 12.1 Å². The molecule has 0 radical (unpaired) electrons. The van der Waals surface area contributed by atoms with Gasteiger partial charge in [-0.1, -0.05) is 29.8 Å². The Kier molecular flexibility index (Phi) is 3.36. The predicted molar refractivity (Wildman–Crippen MR) is 80.2 cm³/mol. The molecule has 0 saturated carbocycles. The lowest BCUT2D eigenvalue weighted by atomic mass is 10.00. The first-order valence-electron chi connectivity index (χ1n) is 6.55. The van der Waals surface area contributed by atoms with Crippen LogP contribution < -0.4 is 4.90 Å². The third kappa shape index (κ3) is 2.25. The molecule has 0 aliphatic carbocycles. The van der Waals surface area contributed by atoms with Crippen LogP contribution in [0.1, 0.15) is 22.3 Å². The quantitative estimate of drug-likeness (QED) is 0.903. The fourth-order valence-corrected chi connectivity index (χ4v) is 2.87. The number of halogens is 1. The molecule has 0 atom stereocenters. The SMILES string of the molecule is O=C(O)c1cc(Cl)ccc1N1CCCc2ccccc21. The van der Waals surface area contributed by atoms with Crippen molar-refractivity contribution < 1.29 is 9.90 Å². The molecule has 1 aliphatic heterocycles. The molecule has 0 unspecified atom stereocenters. The molecule has 1 heterocycles. The number of carboxylic acids is 1. The summed E-state index contributed by atoms with van der Waals surface area (Å²) in [5.74, 6) is -0.953. The molecule has 1 N–H and O–H groups in total. The van der Waals surface area contributed by atoms with E-state index in [9.17, 15) is 9.90 Å². The number of benzene rings is 2. The number of rotatable bonds is 2. The third-order valence-corrected chi connectivity index (χ3v) is 3.83. The van der Waals surface area contributed by atoms with Gasteiger partial charge in [-0.2, -0.15) is 0 Å². The van der Waals surface area contributed by atoms with Crippen molar-refractivity contribution in [2.75, 3.05) is 11.4 Å². The highest BCUT2D eigenvalue weighted by Crippen LogP contribution is 2.36. The van der Waals surface area contributed by atoms with Gasteiger partial charge in [0.1, 0.15) is 0 Å². The summed E-state index contributed by atoms with van der Waals surface area (Å²) in [6.45, 7) is 0.818. The minimum Gasteiger partial charge on any atom is -0.478 e. The van der Waals surface area contributed by atoms with Crippen molar-refractivity contribution in [3.05, 3.63) is 58.6 Å². The number of hydrogen-bond acceptors (Lipinski definition) is 2. The van der Waals surface area contributed by atoms with Crippen LogP contribution in [0.2, 0.25) is 5.02 Å². The molecule has 1 aliphatic rings. The Balaban J connectivity index is 2.13. The highest BCUT2D eigenvalue weighted by atomic mass is 35.5. The first-order chi connectivity index (χ1) is 9.66. The Labute approximate surface area is 122 Å². The molecule has 3 rings (SSSR count). The fraction of sp³-hybridized carbons (Fsp3) is 0.188. The fourth-order valence-electron chi connectivity index (χ4n) is 2.70. The van der Waals surface area contributed by atoms with E-state index in [0.717, 1.165) is 25.1 Å². The van der Waals surface area contributed by atoms with E-state index < -0.39 is 5.97 Å². The molecule has 0 bridgehead atoms. The van der Waals surface area contributed by atoms with E-state index >= 15 is 0 Å². The average Bonchev–Trinajstić information content (AvgIpc) is 2.46. The van der Waals surface area contributed by atoms with Crippen LogP contribution >= 0.6 is 11.6 Å². The van der Waals surface area contributed by atoms with Crippen molar-refractivity contribution in [1.82, 2.24) is 0 Å². The van der Waals surface area contributed by atoms with E-state index in [1.807, 2.05) is 18.2 Å². The first kappa shape index (κ1) is 13.0. The Bertz CT molecular complexity index is 669. The summed E-state index contributed by atoms with van der Waals surface area (Å²) < 4.78 is 0. The van der Waals surface area contributed by atoms with Crippen LogP contribution in [0.5, 0.6) is 0 Å². The van der Waals surface area contributed by atoms with Crippen LogP contribution in [0.4, 0.5) is 11.4 Å². The molecule has 2 aromatic rings. The number of aromatic carboxylic acids is 1. The van der Waals surface area contributed by atoms with Crippen LogP contribution in [0.3, 0.4) is 0 Å². The average molecular weight is 288 g/mol. The molecule has 0 aromatic heterocycles. The minimum absolute atomic E-state index is 0.245. The zero-order valence-corrected chi connectivity index (χ0v) is 11.6. The van der Waals surface area contributed by atoms with Gasteiger partial charge in [0.2, 0.25) is 0 Å². The van der Waals surface area contributed by atoms with Crippen LogP contribution in [-0.4, -0.2) is 17.6 Å². The summed E-state index contributed by atoms with van der Waals surface area (Å²) >= 11 is 5.92. The van der Waals surface area contributed by atoms with Crippen molar-refractivity contribution in [1.29, 1.82) is 0 Å². The normalized spacial score (nSPS) is 13.9. The summed E-state index contributed by atoms with van der Waals surface area (Å²) in [7, 11) is 0. The monoisotopic (exact) mass is 287 g/mol. The van der Waals surface area contributed by atoms with Crippen LogP contribution in [-0.2, 0) is 6.42 Å². The number of fused-ring (bicyclic) bond motifs is 1. The van der Waals surface area contributed by atoms with Gasteiger partial charge in [0, 0.05) is 17.3 Å². The lowest BCUT2D eigenvalue weighted by Gasteiger charge is -2.32. The molecular weight excluding hydrogens is 274 g/mol. The van der Waals surface area contributed by atoms with Crippen molar-refractivity contribution in [3.63, 3.8) is 0 Å². The molecule has 20 heavy (non-hydrogen) atoms. The summed E-state index contributed by atoms with van der Waals surface area (Å²) in [5, 5.41) is 9.82. The second-order valence-electron chi connectivity index (χ2n) is 4.85. The summed E-state index contributed by atoms with van der Waals surface area (Å²) in [5.41, 5.74) is 3.29. The van der Waals surface area contributed by atoms with Gasteiger partial charge < -0.3 is 10.0 Å². The lowest BCUT2D eigenvalue weighted by molar-refractivity contribution is 0.0697. The maximum atomic E-state index is 11.4. The van der Waals surface area contributed by atoms with Gasteiger partial charge in [0.05, 0.1) is 11.3 Å². The Hall–Kier alpha value is -2.00. The summed E-state index contributed by atoms with van der Waals surface area (Å²) in [6, 6.07) is 13.2. The van der Waals surface area contributed by atoms with Gasteiger partial charge in [0.15, 0.2) is 0 Å². The molecule has 4 heteroatoms. The zero-order valence-electron chi connectivity index (χ0n) is 10.8. The lowest BCUT2D eigenvalue weighted by Crippen LogP contribution is -2.26. The van der Waals surface area contributed by atoms with E-state index in [2.05, 4.69) is 11.0 Å². The molecule has 0 fully saturated rings. The van der Waals surface area contributed by atoms with Crippen molar-refractivity contribution in [2.24, 2.45) is 0 Å². The molecule has 0 amide bonds. The largest absolute Gasteiger partial charge is 0.478 e. The smallest absolute Gasteiger partial charge is 0.337 e. The van der Waals surface area contributed by atoms with Gasteiger partial charge >= 0.3 is 5.97 Å². The Morgan fingerprint density at radius 2 is 1.95 bits per heavy atom. The van der Waals surface area contributed by atoms with E-state index in [1.165, 1.54) is 11.6 Å². The van der Waals surface area contributed by atoms with E-state index in [4.69, 9.17) is 11.6 Å². The summed E-state index contributed by atoms with van der Waals surface area (Å²) in [4.78, 5) is 13.5. The van der Waals surface area contributed by atoms with Crippen molar-refractivity contribution >= 4 is 28.9 Å². The number of carbonyl (C=O) groups is 1. The molecule has 0 spiro atoms. The predicted octanol–water partition coefficient (Wildman–Crippen LogP) is 4.12. The standard InChI is InChI=1S/C16H14ClNO2/c17-12-7-8-15(13(10-12)16(19)20)18-9-3-5-11-4-1-2-6-14(11)18/h1-2,4,6-8,10H,3,5,9H2,(H,19,20). The number of hydrogen-bond donors (Lipinski definition) is 1. The third-order valence-electron chi connectivity index (χ3n) is 3.59. The number of para-hydroxylation sites is 1. The molecule has 102 valence electrons. The second kappa shape index (κ2) is 5.17. The first-order valence-corrected chi connectivity index (χ1v) is 6.93. The maximum absolute atomic E-state index is 11.4. The maximum Gasteiger partial charge on any atom is 0.337 e. The van der Waals surface area contributed by atoms with Gasteiger partial charge in [-0.25, -0.2) is 4.79 Å².